The summed E-state index contributed by atoms with van der Waals surface area (Å²) in [5.74, 6) is 1.33. The van der Waals surface area contributed by atoms with E-state index in [-0.39, 0.29) is 12.7 Å². The first kappa shape index (κ1) is 15.9. The molecule has 128 valence electrons. The minimum atomic E-state index is -0.167. The molecule has 0 atom stereocenters. The third-order valence-electron chi connectivity index (χ3n) is 3.99. The number of benzene rings is 2. The Kier molecular flexibility index (Phi) is 4.35. The van der Waals surface area contributed by atoms with E-state index in [2.05, 4.69) is 5.43 Å². The number of carbonyl (C=O) groups is 1. The van der Waals surface area contributed by atoms with E-state index < -0.39 is 0 Å². The van der Waals surface area contributed by atoms with Crippen LogP contribution in [0.5, 0.6) is 11.5 Å². The van der Waals surface area contributed by atoms with Gasteiger partial charge in [0, 0.05) is 23.8 Å². The van der Waals surface area contributed by atoms with Crippen LogP contribution in [0.15, 0.2) is 72.9 Å². The molecular weight excluding hydrogens is 328 g/mol. The van der Waals surface area contributed by atoms with E-state index in [1.807, 2.05) is 66.7 Å². The molecule has 0 aliphatic carbocycles. The van der Waals surface area contributed by atoms with Crippen molar-refractivity contribution in [2.45, 2.75) is 0 Å². The van der Waals surface area contributed by atoms with Gasteiger partial charge < -0.3 is 9.47 Å². The number of hydrogen-bond donors (Lipinski definition) is 1. The fourth-order valence-electron chi connectivity index (χ4n) is 2.66. The Morgan fingerprint density at radius 3 is 2.62 bits per heavy atom. The molecule has 0 saturated heterocycles. The van der Waals surface area contributed by atoms with Gasteiger partial charge in [-0.05, 0) is 42.0 Å². The molecule has 2 heterocycles. The average Bonchev–Trinajstić information content (AvgIpc) is 3.16. The van der Waals surface area contributed by atoms with Gasteiger partial charge in [0.05, 0.1) is 0 Å². The summed E-state index contributed by atoms with van der Waals surface area (Å²) < 4.78 is 12.4. The number of fused-ring (bicyclic) bond motifs is 1. The summed E-state index contributed by atoms with van der Waals surface area (Å²) in [5.41, 5.74) is 5.32. The topological polar surface area (TPSA) is 51.4 Å². The molecule has 0 saturated carbocycles. The zero-order valence-corrected chi connectivity index (χ0v) is 14.0. The molecule has 1 aliphatic rings. The zero-order chi connectivity index (χ0) is 17.8. The van der Waals surface area contributed by atoms with Crippen LogP contribution in [-0.4, -0.2) is 12.7 Å². The van der Waals surface area contributed by atoms with E-state index in [1.165, 1.54) is 0 Å². The van der Waals surface area contributed by atoms with E-state index >= 15 is 0 Å². The van der Waals surface area contributed by atoms with Crippen LogP contribution >= 0.6 is 0 Å². The molecule has 1 N–H and O–H groups in total. The maximum atomic E-state index is 12.4. The molecule has 1 aliphatic heterocycles. The SMILES string of the molecule is O=C(N[n+]1ccccc1/C=C/c1ccc2c(c1)OCO2)c1ccccc1. The first-order valence-electron chi connectivity index (χ1n) is 8.24. The Morgan fingerprint density at radius 2 is 1.73 bits per heavy atom. The van der Waals surface area contributed by atoms with Crippen molar-refractivity contribution in [3.8, 4) is 11.5 Å². The predicted octanol–water partition coefficient (Wildman–Crippen LogP) is 3.26. The van der Waals surface area contributed by atoms with E-state index in [0.717, 1.165) is 22.8 Å². The minimum absolute atomic E-state index is 0.167. The molecule has 0 unspecified atom stereocenters. The van der Waals surface area contributed by atoms with E-state index in [9.17, 15) is 4.79 Å². The number of ether oxygens (including phenoxy) is 2. The normalized spacial score (nSPS) is 12.3. The molecule has 0 radical (unpaired) electrons. The Hall–Kier alpha value is -3.60. The summed E-state index contributed by atoms with van der Waals surface area (Å²) in [6.45, 7) is 0.257. The fraction of sp³-hybridized carbons (Fsp3) is 0.0476. The van der Waals surface area contributed by atoms with Crippen molar-refractivity contribution >= 4 is 18.1 Å². The third kappa shape index (κ3) is 3.42. The van der Waals surface area contributed by atoms with Gasteiger partial charge in [-0.2, -0.15) is 0 Å². The molecule has 2 aromatic carbocycles. The maximum absolute atomic E-state index is 12.4. The third-order valence-corrected chi connectivity index (χ3v) is 3.99. The van der Waals surface area contributed by atoms with Crippen LogP contribution in [-0.2, 0) is 0 Å². The van der Waals surface area contributed by atoms with Gasteiger partial charge in [-0.1, -0.05) is 28.9 Å². The second kappa shape index (κ2) is 7.11. The quantitative estimate of drug-likeness (QED) is 0.739. The minimum Gasteiger partial charge on any atom is -0.454 e. The van der Waals surface area contributed by atoms with E-state index in [1.54, 1.807) is 23.0 Å². The number of nitrogens with one attached hydrogen (secondary N) is 1. The Labute approximate surface area is 151 Å². The van der Waals surface area contributed by atoms with Gasteiger partial charge >= 0.3 is 5.91 Å². The van der Waals surface area contributed by atoms with Crippen LogP contribution in [0.1, 0.15) is 21.6 Å². The number of pyridine rings is 1. The number of aromatic nitrogens is 1. The number of nitrogens with zero attached hydrogens (tertiary/aromatic N) is 1. The van der Waals surface area contributed by atoms with Crippen molar-refractivity contribution in [2.75, 3.05) is 12.2 Å². The highest BCUT2D eigenvalue weighted by Gasteiger charge is 2.14. The van der Waals surface area contributed by atoms with Crippen LogP contribution in [0.3, 0.4) is 0 Å². The fourth-order valence-corrected chi connectivity index (χ4v) is 2.66. The number of carbonyl (C=O) groups excluding carboxylic acids is 1. The summed E-state index contributed by atoms with van der Waals surface area (Å²) in [6, 6.07) is 20.6. The van der Waals surface area contributed by atoms with E-state index in [0.29, 0.717) is 5.56 Å². The lowest BCUT2D eigenvalue weighted by molar-refractivity contribution is -0.643. The highest BCUT2D eigenvalue weighted by Crippen LogP contribution is 2.32. The van der Waals surface area contributed by atoms with Crippen LogP contribution in [0.25, 0.3) is 12.2 Å². The van der Waals surface area contributed by atoms with Crippen molar-refractivity contribution in [1.29, 1.82) is 0 Å². The van der Waals surface area contributed by atoms with Crippen molar-refractivity contribution in [1.82, 2.24) is 0 Å². The summed E-state index contributed by atoms with van der Waals surface area (Å²) in [4.78, 5) is 12.4. The Balaban J connectivity index is 1.55. The lowest BCUT2D eigenvalue weighted by Crippen LogP contribution is -2.50. The van der Waals surface area contributed by atoms with Gasteiger partial charge in [0.1, 0.15) is 0 Å². The lowest BCUT2D eigenvalue weighted by atomic mass is 10.1. The van der Waals surface area contributed by atoms with Crippen molar-refractivity contribution in [2.24, 2.45) is 0 Å². The van der Waals surface area contributed by atoms with Crippen molar-refractivity contribution in [3.05, 3.63) is 89.7 Å². The summed E-state index contributed by atoms with van der Waals surface area (Å²) in [5, 5.41) is 0. The Morgan fingerprint density at radius 1 is 0.923 bits per heavy atom. The molecule has 0 spiro atoms. The Bertz CT molecular complexity index is 968. The van der Waals surface area contributed by atoms with Gasteiger partial charge in [0.15, 0.2) is 11.5 Å². The molecule has 26 heavy (non-hydrogen) atoms. The smallest absolute Gasteiger partial charge is 0.305 e. The molecule has 0 fully saturated rings. The zero-order valence-electron chi connectivity index (χ0n) is 14.0. The number of rotatable bonds is 4. The second-order valence-electron chi connectivity index (χ2n) is 5.75. The molecular formula is C21H17N2O3+. The van der Waals surface area contributed by atoms with Crippen LogP contribution in [0, 0.1) is 0 Å². The molecule has 3 aromatic rings. The molecule has 5 heteroatoms. The number of hydrogen-bond acceptors (Lipinski definition) is 3. The van der Waals surface area contributed by atoms with Gasteiger partial charge in [-0.15, -0.1) is 5.43 Å². The predicted molar refractivity (Wildman–Crippen MR) is 98.3 cm³/mol. The summed E-state index contributed by atoms with van der Waals surface area (Å²) in [7, 11) is 0. The first-order valence-corrected chi connectivity index (χ1v) is 8.24. The van der Waals surface area contributed by atoms with Gasteiger partial charge in [-0.3, -0.25) is 4.79 Å². The highest BCUT2D eigenvalue weighted by molar-refractivity contribution is 5.98. The summed E-state index contributed by atoms with van der Waals surface area (Å²) >= 11 is 0. The van der Waals surface area contributed by atoms with Crippen molar-refractivity contribution in [3.63, 3.8) is 0 Å². The molecule has 1 amide bonds. The average molecular weight is 345 g/mol. The highest BCUT2D eigenvalue weighted by atomic mass is 16.7. The first-order chi connectivity index (χ1) is 12.8. The van der Waals surface area contributed by atoms with E-state index in [4.69, 9.17) is 9.47 Å². The van der Waals surface area contributed by atoms with Gasteiger partial charge in [0.25, 0.3) is 0 Å². The lowest BCUT2D eigenvalue weighted by Gasteiger charge is -2.02. The van der Waals surface area contributed by atoms with Crippen molar-refractivity contribution < 1.29 is 18.9 Å². The van der Waals surface area contributed by atoms with Crippen LogP contribution in [0.2, 0.25) is 0 Å². The summed E-state index contributed by atoms with van der Waals surface area (Å²) in [6.07, 6.45) is 5.70. The molecule has 4 rings (SSSR count). The maximum Gasteiger partial charge on any atom is 0.305 e. The molecule has 1 aromatic heterocycles. The van der Waals surface area contributed by atoms with Gasteiger partial charge in [0.2, 0.25) is 18.7 Å². The van der Waals surface area contributed by atoms with Gasteiger partial charge in [-0.25, -0.2) is 0 Å². The molecule has 0 bridgehead atoms. The standard InChI is InChI=1S/C21H16N2O3/c24-21(17-6-2-1-3-7-17)22-23-13-5-4-8-18(23)11-9-16-10-12-19-20(14-16)26-15-25-19/h1-14H,15H2/p+1/b11-9+. The largest absolute Gasteiger partial charge is 0.454 e. The van der Waals surface area contributed by atoms with Crippen LogP contribution < -0.4 is 19.6 Å². The number of amides is 1. The second-order valence-corrected chi connectivity index (χ2v) is 5.75. The molecule has 5 nitrogen and oxygen atoms in total. The monoisotopic (exact) mass is 345 g/mol. The van der Waals surface area contributed by atoms with Crippen LogP contribution in [0.4, 0.5) is 0 Å².